The van der Waals surface area contributed by atoms with E-state index >= 15 is 0 Å². The number of nitrogens with two attached hydrogens (primary N) is 1. The van der Waals surface area contributed by atoms with Crippen molar-refractivity contribution in [1.82, 2.24) is 4.98 Å². The maximum atomic E-state index is 12.4. The fraction of sp³-hybridized carbons (Fsp3) is 0.333. The number of halogens is 2. The lowest BCUT2D eigenvalue weighted by Gasteiger charge is -2.25. The van der Waals surface area contributed by atoms with Crippen molar-refractivity contribution in [3.8, 4) is 11.6 Å². The van der Waals surface area contributed by atoms with E-state index in [0.29, 0.717) is 11.6 Å². The number of anilines is 1. The van der Waals surface area contributed by atoms with Crippen molar-refractivity contribution in [3.63, 3.8) is 0 Å². The fourth-order valence-electron chi connectivity index (χ4n) is 2.88. The van der Waals surface area contributed by atoms with Crippen LogP contribution in [0.25, 0.3) is 0 Å². The minimum absolute atomic E-state index is 0. The van der Waals surface area contributed by atoms with Gasteiger partial charge in [-0.25, -0.2) is 4.98 Å². The van der Waals surface area contributed by atoms with Crippen molar-refractivity contribution in [2.45, 2.75) is 31.7 Å². The first-order valence-corrected chi connectivity index (χ1v) is 7.96. The van der Waals surface area contributed by atoms with E-state index in [4.69, 9.17) is 10.5 Å². The van der Waals surface area contributed by atoms with Crippen LogP contribution in [-0.4, -0.2) is 16.9 Å². The molecule has 136 valence electrons. The molecule has 1 aromatic carbocycles. The highest BCUT2D eigenvalue weighted by atomic mass is 35.5. The second-order valence-electron chi connectivity index (χ2n) is 5.91. The Bertz CT molecular complexity index is 670. The Hall–Kier alpha value is -1.82. The van der Waals surface area contributed by atoms with Crippen LogP contribution >= 0.6 is 24.8 Å². The molecule has 25 heavy (non-hydrogen) atoms. The van der Waals surface area contributed by atoms with Crippen LogP contribution < -0.4 is 15.8 Å². The minimum atomic E-state index is -0.000820. The van der Waals surface area contributed by atoms with Gasteiger partial charge in [-0.05, 0) is 37.5 Å². The lowest BCUT2D eigenvalue weighted by Crippen LogP contribution is -2.34. The Kier molecular flexibility index (Phi) is 8.69. The van der Waals surface area contributed by atoms with Crippen molar-refractivity contribution in [1.29, 1.82) is 0 Å². The molecule has 2 unspecified atom stereocenters. The summed E-state index contributed by atoms with van der Waals surface area (Å²) in [5.74, 6) is 1.20. The number of carbonyl (C=O) groups is 1. The first kappa shape index (κ1) is 21.2. The molecule has 3 N–H and O–H groups in total. The summed E-state index contributed by atoms with van der Waals surface area (Å²) in [6, 6.07) is 13.0. The van der Waals surface area contributed by atoms with E-state index in [1.165, 1.54) is 0 Å². The summed E-state index contributed by atoms with van der Waals surface area (Å²) < 4.78 is 5.68. The van der Waals surface area contributed by atoms with Gasteiger partial charge in [0.05, 0.1) is 0 Å². The number of rotatable bonds is 4. The summed E-state index contributed by atoms with van der Waals surface area (Å²) in [5, 5.41) is 2.96. The summed E-state index contributed by atoms with van der Waals surface area (Å²) >= 11 is 0. The van der Waals surface area contributed by atoms with E-state index < -0.39 is 0 Å². The van der Waals surface area contributed by atoms with Gasteiger partial charge >= 0.3 is 0 Å². The molecule has 0 saturated heterocycles. The molecule has 0 spiro atoms. The smallest absolute Gasteiger partial charge is 0.227 e. The molecule has 2 atom stereocenters. The summed E-state index contributed by atoms with van der Waals surface area (Å²) in [6.07, 6.45) is 5.37. The molecule has 1 fully saturated rings. The van der Waals surface area contributed by atoms with Crippen LogP contribution in [0.2, 0.25) is 0 Å². The van der Waals surface area contributed by atoms with E-state index in [2.05, 4.69) is 10.3 Å². The number of nitrogens with zero attached hydrogens (tertiary/aromatic N) is 1. The maximum Gasteiger partial charge on any atom is 0.227 e. The van der Waals surface area contributed by atoms with Crippen LogP contribution in [0.5, 0.6) is 11.6 Å². The molecule has 5 nitrogen and oxygen atoms in total. The average molecular weight is 384 g/mol. The Labute approximate surface area is 160 Å². The number of pyridine rings is 1. The van der Waals surface area contributed by atoms with Gasteiger partial charge in [-0.3, -0.25) is 4.79 Å². The Balaban J connectivity index is 0.00000156. The molecule has 3 rings (SSSR count). The Morgan fingerprint density at radius 3 is 2.72 bits per heavy atom. The molecule has 1 aromatic heterocycles. The molecule has 0 radical (unpaired) electrons. The second kappa shape index (κ2) is 10.2. The number of hydrogen-bond acceptors (Lipinski definition) is 4. The molecule has 1 aliphatic carbocycles. The van der Waals surface area contributed by atoms with Gasteiger partial charge in [0, 0.05) is 36.0 Å². The SMILES string of the molecule is Cl.Cl.NC1CCCC(C(=O)Nc2cccc(Oc3ccccn3)c2)C1. The van der Waals surface area contributed by atoms with Gasteiger partial charge in [0.25, 0.3) is 0 Å². The number of nitrogens with one attached hydrogen (secondary N) is 1. The lowest BCUT2D eigenvalue weighted by atomic mass is 9.85. The van der Waals surface area contributed by atoms with E-state index in [0.717, 1.165) is 31.4 Å². The second-order valence-corrected chi connectivity index (χ2v) is 5.91. The molecule has 1 aliphatic rings. The molecular weight excluding hydrogens is 361 g/mol. The van der Waals surface area contributed by atoms with Crippen LogP contribution in [0.1, 0.15) is 25.7 Å². The number of benzene rings is 1. The van der Waals surface area contributed by atoms with Gasteiger partial charge in [0.2, 0.25) is 11.8 Å². The molecule has 1 saturated carbocycles. The molecule has 7 heteroatoms. The monoisotopic (exact) mass is 383 g/mol. The average Bonchev–Trinajstić information content (AvgIpc) is 2.56. The third kappa shape index (κ3) is 6.20. The number of hydrogen-bond donors (Lipinski definition) is 2. The lowest BCUT2D eigenvalue weighted by molar-refractivity contribution is -0.120. The third-order valence-corrected chi connectivity index (χ3v) is 4.05. The molecule has 1 amide bonds. The summed E-state index contributed by atoms with van der Waals surface area (Å²) in [5.41, 5.74) is 6.68. The molecule has 1 heterocycles. The Morgan fingerprint density at radius 1 is 1.16 bits per heavy atom. The summed E-state index contributed by atoms with van der Waals surface area (Å²) in [7, 11) is 0. The molecular formula is C18H23Cl2N3O2. The van der Waals surface area contributed by atoms with Crippen molar-refractivity contribution >= 4 is 36.4 Å². The van der Waals surface area contributed by atoms with E-state index in [-0.39, 0.29) is 42.7 Å². The van der Waals surface area contributed by atoms with E-state index in [1.54, 1.807) is 18.3 Å². The van der Waals surface area contributed by atoms with Gasteiger partial charge in [-0.15, -0.1) is 24.8 Å². The largest absolute Gasteiger partial charge is 0.439 e. The summed E-state index contributed by atoms with van der Waals surface area (Å²) in [6.45, 7) is 0. The van der Waals surface area contributed by atoms with Gasteiger partial charge in [0.15, 0.2) is 0 Å². The van der Waals surface area contributed by atoms with Gasteiger partial charge in [0.1, 0.15) is 5.75 Å². The first-order valence-electron chi connectivity index (χ1n) is 7.96. The zero-order valence-corrected chi connectivity index (χ0v) is 15.4. The highest BCUT2D eigenvalue weighted by Gasteiger charge is 2.25. The zero-order valence-electron chi connectivity index (χ0n) is 13.8. The van der Waals surface area contributed by atoms with Crippen molar-refractivity contribution < 1.29 is 9.53 Å². The van der Waals surface area contributed by atoms with Crippen LogP contribution in [0.3, 0.4) is 0 Å². The van der Waals surface area contributed by atoms with Crippen LogP contribution in [0, 0.1) is 5.92 Å². The van der Waals surface area contributed by atoms with Crippen LogP contribution in [0.4, 0.5) is 5.69 Å². The summed E-state index contributed by atoms with van der Waals surface area (Å²) in [4.78, 5) is 16.5. The molecule has 0 aliphatic heterocycles. The van der Waals surface area contributed by atoms with Crippen molar-refractivity contribution in [2.75, 3.05) is 5.32 Å². The highest BCUT2D eigenvalue weighted by Crippen LogP contribution is 2.26. The first-order chi connectivity index (χ1) is 11.2. The normalized spacial score (nSPS) is 19.1. The maximum absolute atomic E-state index is 12.4. The zero-order chi connectivity index (χ0) is 16.1. The topological polar surface area (TPSA) is 77.2 Å². The predicted octanol–water partition coefficient (Wildman–Crippen LogP) is 4.17. The van der Waals surface area contributed by atoms with Crippen molar-refractivity contribution in [2.24, 2.45) is 11.7 Å². The minimum Gasteiger partial charge on any atom is -0.439 e. The quantitative estimate of drug-likeness (QED) is 0.829. The van der Waals surface area contributed by atoms with Gasteiger partial charge in [-0.2, -0.15) is 0 Å². The standard InChI is InChI=1S/C18H21N3O2.2ClH/c19-14-6-3-5-13(11-14)18(22)21-15-7-4-8-16(12-15)23-17-9-1-2-10-20-17;;/h1-2,4,7-10,12-14H,3,5-6,11,19H2,(H,21,22);2*1H. The van der Waals surface area contributed by atoms with Crippen LogP contribution in [0.15, 0.2) is 48.7 Å². The van der Waals surface area contributed by atoms with Crippen molar-refractivity contribution in [3.05, 3.63) is 48.7 Å². The highest BCUT2D eigenvalue weighted by molar-refractivity contribution is 5.92. The number of carbonyl (C=O) groups excluding carboxylic acids is 1. The third-order valence-electron chi connectivity index (χ3n) is 4.05. The van der Waals surface area contributed by atoms with Gasteiger partial charge in [-0.1, -0.05) is 18.6 Å². The number of amides is 1. The Morgan fingerprint density at radius 2 is 2.00 bits per heavy atom. The van der Waals surface area contributed by atoms with E-state index in [1.807, 2.05) is 30.3 Å². The van der Waals surface area contributed by atoms with Crippen LogP contribution in [-0.2, 0) is 4.79 Å². The van der Waals surface area contributed by atoms with E-state index in [9.17, 15) is 4.79 Å². The fourth-order valence-corrected chi connectivity index (χ4v) is 2.88. The molecule has 0 bridgehead atoms. The predicted molar refractivity (Wildman–Crippen MR) is 104 cm³/mol. The number of aromatic nitrogens is 1. The van der Waals surface area contributed by atoms with Gasteiger partial charge < -0.3 is 15.8 Å². The number of ether oxygens (including phenoxy) is 1. The molecule has 2 aromatic rings.